The Labute approximate surface area is 271 Å². The van der Waals surface area contributed by atoms with E-state index in [0.717, 1.165) is 12.0 Å². The first kappa shape index (κ1) is 37.8. The number of nitrogens with zero attached hydrogens (tertiary/aromatic N) is 2. The minimum Gasteiger partial charge on any atom is -0.478 e. The lowest BCUT2D eigenvalue weighted by atomic mass is 9.85. The lowest BCUT2D eigenvalue weighted by Crippen LogP contribution is -2.46. The molecular weight excluding hydrogens is 592 g/mol. The number of aliphatic carboxylic acids is 1. The molecule has 1 heterocycles. The van der Waals surface area contributed by atoms with Crippen molar-refractivity contribution in [3.8, 4) is 0 Å². The van der Waals surface area contributed by atoms with Crippen LogP contribution >= 0.6 is 11.3 Å². The number of benzene rings is 1. The first-order chi connectivity index (χ1) is 21.3. The van der Waals surface area contributed by atoms with Gasteiger partial charge in [0.2, 0.25) is 5.91 Å². The molecule has 0 radical (unpaired) electrons. The molecule has 0 bridgehead atoms. The number of carboxylic acids is 1. The van der Waals surface area contributed by atoms with Gasteiger partial charge in [-0.3, -0.25) is 14.4 Å². The third kappa shape index (κ3) is 11.5. The summed E-state index contributed by atoms with van der Waals surface area (Å²) in [6, 6.07) is 8.77. The summed E-state index contributed by atoms with van der Waals surface area (Å²) in [5.74, 6) is -1.80. The highest BCUT2D eigenvalue weighted by molar-refractivity contribution is 7.09. The van der Waals surface area contributed by atoms with Crippen LogP contribution in [0.3, 0.4) is 0 Å². The number of amides is 2. The fraction of sp³-hybridized carbons (Fsp3) is 0.559. The minimum absolute atomic E-state index is 0.00799. The van der Waals surface area contributed by atoms with E-state index in [2.05, 4.69) is 15.6 Å². The maximum atomic E-state index is 13.8. The van der Waals surface area contributed by atoms with E-state index in [0.29, 0.717) is 17.8 Å². The summed E-state index contributed by atoms with van der Waals surface area (Å²) in [5.41, 5.74) is 1.30. The molecule has 1 aromatic carbocycles. The zero-order valence-electron chi connectivity index (χ0n) is 27.8. The molecule has 2 rings (SSSR count). The van der Waals surface area contributed by atoms with Gasteiger partial charge in [0.15, 0.2) is 0 Å². The summed E-state index contributed by atoms with van der Waals surface area (Å²) in [4.78, 5) is 57.4. The predicted octanol–water partition coefficient (Wildman–Crippen LogP) is 4.92. The Hall–Kier alpha value is -3.41. The molecule has 0 aliphatic rings. The van der Waals surface area contributed by atoms with Gasteiger partial charge in [-0.1, -0.05) is 70.5 Å². The van der Waals surface area contributed by atoms with Crippen molar-refractivity contribution < 1.29 is 29.0 Å². The molecule has 0 aliphatic carbocycles. The van der Waals surface area contributed by atoms with Gasteiger partial charge in [-0.15, -0.1) is 11.3 Å². The van der Waals surface area contributed by atoms with Crippen LogP contribution in [0.15, 0.2) is 47.4 Å². The van der Waals surface area contributed by atoms with Gasteiger partial charge in [0.05, 0.1) is 12.6 Å². The van der Waals surface area contributed by atoms with E-state index in [1.807, 2.05) is 58.0 Å². The van der Waals surface area contributed by atoms with Crippen molar-refractivity contribution in [3.05, 3.63) is 63.6 Å². The zero-order chi connectivity index (χ0) is 33.7. The van der Waals surface area contributed by atoms with E-state index in [1.54, 1.807) is 31.5 Å². The molecule has 248 valence electrons. The summed E-state index contributed by atoms with van der Waals surface area (Å²) in [5, 5.41) is 17.5. The molecule has 11 heteroatoms. The molecule has 45 heavy (non-hydrogen) atoms. The highest BCUT2D eigenvalue weighted by Gasteiger charge is 2.35. The molecule has 5 atom stereocenters. The SMILES string of the molecule is CCC(C)[C@H](CC(=O)CNC)C(=O)N(C)[C@H](CC(OC)c1nc(C(=O)N[C@H](/C=C(\C)C(=O)O)Cc2ccccc2)cs1)C(C)C. The smallest absolute Gasteiger partial charge is 0.331 e. The topological polar surface area (TPSA) is 138 Å². The lowest BCUT2D eigenvalue weighted by Gasteiger charge is -2.36. The molecule has 0 fully saturated rings. The van der Waals surface area contributed by atoms with E-state index < -0.39 is 29.9 Å². The number of nitrogens with one attached hydrogen (secondary N) is 2. The van der Waals surface area contributed by atoms with E-state index >= 15 is 0 Å². The van der Waals surface area contributed by atoms with Crippen LogP contribution in [0.2, 0.25) is 0 Å². The number of hydrogen-bond donors (Lipinski definition) is 3. The van der Waals surface area contributed by atoms with Crippen LogP contribution in [0.25, 0.3) is 0 Å². The maximum Gasteiger partial charge on any atom is 0.331 e. The highest BCUT2D eigenvalue weighted by Crippen LogP contribution is 2.31. The van der Waals surface area contributed by atoms with Gasteiger partial charge in [-0.25, -0.2) is 9.78 Å². The zero-order valence-corrected chi connectivity index (χ0v) is 28.6. The third-order valence-corrected chi connectivity index (χ3v) is 9.19. The second-order valence-electron chi connectivity index (χ2n) is 12.0. The monoisotopic (exact) mass is 642 g/mol. The van der Waals surface area contributed by atoms with Crippen molar-refractivity contribution in [1.29, 1.82) is 0 Å². The summed E-state index contributed by atoms with van der Waals surface area (Å²) < 4.78 is 5.85. The van der Waals surface area contributed by atoms with Crippen molar-refractivity contribution in [3.63, 3.8) is 0 Å². The Morgan fingerprint density at radius 2 is 1.80 bits per heavy atom. The van der Waals surface area contributed by atoms with Gasteiger partial charge in [-0.05, 0) is 37.8 Å². The quantitative estimate of drug-likeness (QED) is 0.184. The normalized spacial score (nSPS) is 15.2. The van der Waals surface area contributed by atoms with Crippen molar-refractivity contribution in [1.82, 2.24) is 20.5 Å². The molecule has 0 spiro atoms. The van der Waals surface area contributed by atoms with Crippen molar-refractivity contribution in [2.24, 2.45) is 17.8 Å². The summed E-state index contributed by atoms with van der Waals surface area (Å²) in [7, 11) is 5.09. The molecule has 2 unspecified atom stereocenters. The molecule has 10 nitrogen and oxygen atoms in total. The van der Waals surface area contributed by atoms with Gasteiger partial charge in [0, 0.05) is 49.9 Å². The van der Waals surface area contributed by atoms with Gasteiger partial charge < -0.3 is 25.4 Å². The number of rotatable bonds is 19. The number of methoxy groups -OCH3 is 1. The number of ketones is 1. The molecule has 0 saturated heterocycles. The Balaban J connectivity index is 2.24. The number of aromatic nitrogens is 1. The Kier molecular flexibility index (Phi) is 15.6. The van der Waals surface area contributed by atoms with E-state index in [9.17, 15) is 24.3 Å². The Morgan fingerprint density at radius 3 is 2.36 bits per heavy atom. The Morgan fingerprint density at radius 1 is 1.13 bits per heavy atom. The summed E-state index contributed by atoms with van der Waals surface area (Å²) in [6.07, 6.45) is 2.92. The van der Waals surface area contributed by atoms with Crippen LogP contribution in [-0.4, -0.2) is 78.4 Å². The van der Waals surface area contributed by atoms with Crippen LogP contribution < -0.4 is 10.6 Å². The standard InChI is InChI=1S/C34H50N4O6S/c1-9-22(4)27(17-26(39)19-35-6)33(41)38(7)29(21(2)3)18-30(44-8)32-37-28(20-45-32)31(40)36-25(15-23(5)34(42)43)16-24-13-11-10-12-14-24/h10-15,20-22,25,27,29-30,35H,9,16-19H2,1-8H3,(H,36,40)(H,42,43)/b23-15+/t22?,25-,27+,29-,30?/m1/s1. The maximum absolute atomic E-state index is 13.8. The lowest BCUT2D eigenvalue weighted by molar-refractivity contribution is -0.142. The average Bonchev–Trinajstić information content (AvgIpc) is 3.50. The molecule has 0 aliphatic heterocycles. The third-order valence-electron chi connectivity index (χ3n) is 8.26. The first-order valence-corrected chi connectivity index (χ1v) is 16.4. The van der Waals surface area contributed by atoms with Crippen LogP contribution in [0.1, 0.15) is 81.0 Å². The van der Waals surface area contributed by atoms with Gasteiger partial charge >= 0.3 is 5.97 Å². The minimum atomic E-state index is -1.05. The first-order valence-electron chi connectivity index (χ1n) is 15.5. The molecule has 2 amide bonds. The second kappa shape index (κ2) is 18.5. The van der Waals surface area contributed by atoms with Crippen LogP contribution in [0.5, 0.6) is 0 Å². The number of Topliss-reactive ketones (excluding diaryl/α,β-unsaturated/α-hetero) is 1. The average molecular weight is 643 g/mol. The van der Waals surface area contributed by atoms with Crippen molar-refractivity contribution in [2.45, 2.75) is 78.5 Å². The fourth-order valence-corrected chi connectivity index (χ4v) is 6.21. The number of carboxylic acid groups (broad SMARTS) is 1. The van der Waals surface area contributed by atoms with Crippen molar-refractivity contribution in [2.75, 3.05) is 27.7 Å². The molecule has 0 saturated carbocycles. The van der Waals surface area contributed by atoms with Gasteiger partial charge in [-0.2, -0.15) is 0 Å². The molecule has 3 N–H and O–H groups in total. The van der Waals surface area contributed by atoms with Crippen LogP contribution in [0.4, 0.5) is 0 Å². The van der Waals surface area contributed by atoms with Gasteiger partial charge in [0.25, 0.3) is 5.91 Å². The molecule has 2 aromatic rings. The predicted molar refractivity (Wildman–Crippen MR) is 177 cm³/mol. The number of likely N-dealkylation sites (N-methyl/N-ethyl adjacent to an activating group) is 1. The number of ether oxygens (including phenoxy) is 1. The number of hydrogen-bond acceptors (Lipinski definition) is 8. The Bertz CT molecular complexity index is 1290. The fourth-order valence-electron chi connectivity index (χ4n) is 5.33. The van der Waals surface area contributed by atoms with E-state index in [1.165, 1.54) is 24.3 Å². The number of carbonyl (C=O) groups is 4. The number of thiazole rings is 1. The highest BCUT2D eigenvalue weighted by atomic mass is 32.1. The van der Waals surface area contributed by atoms with Crippen LogP contribution in [-0.2, 0) is 25.5 Å². The van der Waals surface area contributed by atoms with E-state index in [-0.39, 0.29) is 53.8 Å². The summed E-state index contributed by atoms with van der Waals surface area (Å²) >= 11 is 1.30. The summed E-state index contributed by atoms with van der Waals surface area (Å²) in [6.45, 7) is 9.85. The largest absolute Gasteiger partial charge is 0.478 e. The van der Waals surface area contributed by atoms with Crippen molar-refractivity contribution >= 4 is 34.9 Å². The van der Waals surface area contributed by atoms with E-state index in [4.69, 9.17) is 4.74 Å². The van der Waals surface area contributed by atoms with Gasteiger partial charge in [0.1, 0.15) is 22.6 Å². The second-order valence-corrected chi connectivity index (χ2v) is 12.9. The molecular formula is C34H50N4O6S. The molecule has 1 aromatic heterocycles. The van der Waals surface area contributed by atoms with Crippen LogP contribution in [0, 0.1) is 17.8 Å². The number of carbonyl (C=O) groups excluding carboxylic acids is 3.